The molecule has 2 atom stereocenters. The Bertz CT molecular complexity index is 346. The summed E-state index contributed by atoms with van der Waals surface area (Å²) in [5, 5.41) is 18.9. The first-order chi connectivity index (χ1) is 6.77. The molecule has 74 valence electrons. The van der Waals surface area contributed by atoms with Gasteiger partial charge in [0, 0.05) is 0 Å². The highest BCUT2D eigenvalue weighted by Crippen LogP contribution is 2.27. The van der Waals surface area contributed by atoms with Crippen molar-refractivity contribution in [2.24, 2.45) is 0 Å². The predicted molar refractivity (Wildman–Crippen MR) is 52.3 cm³/mol. The number of phenols is 1. The zero-order chi connectivity index (χ0) is 9.97. The van der Waals surface area contributed by atoms with E-state index in [2.05, 4.69) is 0 Å². The van der Waals surface area contributed by atoms with Crippen LogP contribution in [0.5, 0.6) is 11.5 Å². The summed E-state index contributed by atoms with van der Waals surface area (Å²) in [4.78, 5) is 0. The molecule has 2 rings (SSSR count). The number of para-hydroxylation sites is 2. The van der Waals surface area contributed by atoms with E-state index in [-0.39, 0.29) is 11.9 Å². The van der Waals surface area contributed by atoms with Gasteiger partial charge in [0.25, 0.3) is 0 Å². The number of rotatable bonds is 2. The van der Waals surface area contributed by atoms with E-state index in [0.717, 1.165) is 0 Å². The lowest BCUT2D eigenvalue weighted by Crippen LogP contribution is -2.25. The molecule has 0 saturated heterocycles. The van der Waals surface area contributed by atoms with Crippen molar-refractivity contribution in [2.75, 3.05) is 0 Å². The number of hydrogen-bond donors (Lipinski definition) is 2. The van der Waals surface area contributed by atoms with Crippen LogP contribution in [-0.4, -0.2) is 22.4 Å². The molecule has 0 aromatic heterocycles. The summed E-state index contributed by atoms with van der Waals surface area (Å²) in [5.41, 5.74) is 0. The van der Waals surface area contributed by atoms with E-state index in [1.807, 2.05) is 6.08 Å². The Balaban J connectivity index is 2.11. The van der Waals surface area contributed by atoms with Gasteiger partial charge in [0.1, 0.15) is 6.10 Å². The third-order valence-electron chi connectivity index (χ3n) is 2.21. The molecule has 3 heteroatoms. The molecule has 0 heterocycles. The number of hydrogen-bond acceptors (Lipinski definition) is 3. The van der Waals surface area contributed by atoms with E-state index < -0.39 is 6.10 Å². The number of benzene rings is 1. The molecule has 1 aliphatic carbocycles. The first-order valence-electron chi connectivity index (χ1n) is 4.57. The number of ether oxygens (including phenoxy) is 1. The highest BCUT2D eigenvalue weighted by Gasteiger charge is 2.22. The summed E-state index contributed by atoms with van der Waals surface area (Å²) in [6, 6.07) is 6.73. The van der Waals surface area contributed by atoms with E-state index in [1.54, 1.807) is 30.3 Å². The van der Waals surface area contributed by atoms with Crippen LogP contribution in [0.25, 0.3) is 0 Å². The Morgan fingerprint density at radius 2 is 2.07 bits per heavy atom. The predicted octanol–water partition coefficient (Wildman–Crippen LogP) is 1.46. The third-order valence-corrected chi connectivity index (χ3v) is 2.21. The van der Waals surface area contributed by atoms with Gasteiger partial charge in [-0.1, -0.05) is 18.2 Å². The fraction of sp³-hybridized carbons (Fsp3) is 0.273. The van der Waals surface area contributed by atoms with Crippen molar-refractivity contribution in [3.05, 3.63) is 36.4 Å². The molecule has 14 heavy (non-hydrogen) atoms. The molecule has 1 aromatic rings. The molecule has 2 unspecified atom stereocenters. The monoisotopic (exact) mass is 192 g/mol. The largest absolute Gasteiger partial charge is 0.504 e. The molecule has 0 saturated carbocycles. The van der Waals surface area contributed by atoms with E-state index in [4.69, 9.17) is 4.74 Å². The molecule has 1 aromatic carbocycles. The number of phenolic OH excluding ortho intramolecular Hbond substituents is 1. The van der Waals surface area contributed by atoms with Crippen LogP contribution < -0.4 is 4.74 Å². The Morgan fingerprint density at radius 3 is 2.71 bits per heavy atom. The standard InChI is InChI=1S/C11H12O3/c12-8-4-1-2-6-10(8)14-11-7-3-5-9(11)13/h1-4,6-7,9,11-13H,5H2. The van der Waals surface area contributed by atoms with Crippen LogP contribution in [0.15, 0.2) is 36.4 Å². The second kappa shape index (κ2) is 3.72. The number of aromatic hydroxyl groups is 1. The van der Waals surface area contributed by atoms with Crippen LogP contribution in [0.2, 0.25) is 0 Å². The summed E-state index contributed by atoms with van der Waals surface area (Å²) < 4.78 is 5.43. The smallest absolute Gasteiger partial charge is 0.161 e. The number of aliphatic hydroxyl groups excluding tert-OH is 1. The van der Waals surface area contributed by atoms with E-state index in [9.17, 15) is 10.2 Å². The summed E-state index contributed by atoms with van der Waals surface area (Å²) in [6.45, 7) is 0. The average Bonchev–Trinajstić information content (AvgIpc) is 2.56. The van der Waals surface area contributed by atoms with Crippen molar-refractivity contribution in [3.8, 4) is 11.5 Å². The molecular weight excluding hydrogens is 180 g/mol. The van der Waals surface area contributed by atoms with E-state index in [1.165, 1.54) is 0 Å². The zero-order valence-corrected chi connectivity index (χ0v) is 7.63. The minimum atomic E-state index is -0.505. The van der Waals surface area contributed by atoms with Gasteiger partial charge in [0.2, 0.25) is 0 Å². The lowest BCUT2D eigenvalue weighted by atomic mass is 10.2. The first kappa shape index (κ1) is 9.09. The van der Waals surface area contributed by atoms with Gasteiger partial charge in [0.15, 0.2) is 11.5 Å². The van der Waals surface area contributed by atoms with Gasteiger partial charge in [-0.05, 0) is 24.6 Å². The lowest BCUT2D eigenvalue weighted by molar-refractivity contribution is 0.0745. The van der Waals surface area contributed by atoms with Gasteiger partial charge in [-0.15, -0.1) is 0 Å². The Labute approximate surface area is 82.3 Å². The fourth-order valence-corrected chi connectivity index (χ4v) is 1.44. The van der Waals surface area contributed by atoms with Crippen molar-refractivity contribution in [1.29, 1.82) is 0 Å². The van der Waals surface area contributed by atoms with E-state index in [0.29, 0.717) is 12.2 Å². The molecule has 1 aliphatic rings. The average molecular weight is 192 g/mol. The second-order valence-electron chi connectivity index (χ2n) is 3.28. The molecule has 0 aliphatic heterocycles. The van der Waals surface area contributed by atoms with Crippen LogP contribution in [0, 0.1) is 0 Å². The minimum absolute atomic E-state index is 0.0972. The van der Waals surface area contributed by atoms with Crippen molar-refractivity contribution < 1.29 is 14.9 Å². The van der Waals surface area contributed by atoms with Gasteiger partial charge >= 0.3 is 0 Å². The van der Waals surface area contributed by atoms with Gasteiger partial charge in [-0.2, -0.15) is 0 Å². The highest BCUT2D eigenvalue weighted by atomic mass is 16.5. The Kier molecular flexibility index (Phi) is 2.41. The summed E-state index contributed by atoms with van der Waals surface area (Å²) >= 11 is 0. The third kappa shape index (κ3) is 1.72. The maximum absolute atomic E-state index is 9.47. The van der Waals surface area contributed by atoms with Crippen molar-refractivity contribution >= 4 is 0 Å². The van der Waals surface area contributed by atoms with Crippen LogP contribution in [0.4, 0.5) is 0 Å². The second-order valence-corrected chi connectivity index (χ2v) is 3.28. The Morgan fingerprint density at radius 1 is 1.29 bits per heavy atom. The summed E-state index contributed by atoms with van der Waals surface area (Å²) in [5.74, 6) is 0.503. The summed E-state index contributed by atoms with van der Waals surface area (Å²) in [7, 11) is 0. The molecule has 0 fully saturated rings. The number of aliphatic hydroxyl groups is 1. The zero-order valence-electron chi connectivity index (χ0n) is 7.63. The van der Waals surface area contributed by atoms with Crippen LogP contribution in [0.3, 0.4) is 0 Å². The maximum Gasteiger partial charge on any atom is 0.161 e. The Hall–Kier alpha value is -1.48. The lowest BCUT2D eigenvalue weighted by Gasteiger charge is -2.16. The van der Waals surface area contributed by atoms with Crippen molar-refractivity contribution in [3.63, 3.8) is 0 Å². The highest BCUT2D eigenvalue weighted by molar-refractivity contribution is 5.38. The fourth-order valence-electron chi connectivity index (χ4n) is 1.44. The quantitative estimate of drug-likeness (QED) is 0.697. The van der Waals surface area contributed by atoms with Gasteiger partial charge in [-0.3, -0.25) is 0 Å². The molecule has 0 spiro atoms. The maximum atomic E-state index is 9.47. The van der Waals surface area contributed by atoms with Gasteiger partial charge < -0.3 is 14.9 Å². The molecule has 2 N–H and O–H groups in total. The van der Waals surface area contributed by atoms with Gasteiger partial charge in [-0.25, -0.2) is 0 Å². The van der Waals surface area contributed by atoms with Crippen LogP contribution in [0.1, 0.15) is 6.42 Å². The van der Waals surface area contributed by atoms with E-state index >= 15 is 0 Å². The molecular formula is C11H12O3. The minimum Gasteiger partial charge on any atom is -0.504 e. The topological polar surface area (TPSA) is 49.7 Å². The van der Waals surface area contributed by atoms with Crippen LogP contribution in [-0.2, 0) is 0 Å². The van der Waals surface area contributed by atoms with Crippen molar-refractivity contribution in [2.45, 2.75) is 18.6 Å². The van der Waals surface area contributed by atoms with Crippen molar-refractivity contribution in [1.82, 2.24) is 0 Å². The summed E-state index contributed by atoms with van der Waals surface area (Å²) in [6.07, 6.45) is 3.43. The molecule has 0 amide bonds. The normalized spacial score (nSPS) is 25.2. The van der Waals surface area contributed by atoms with Gasteiger partial charge in [0.05, 0.1) is 6.10 Å². The first-order valence-corrected chi connectivity index (χ1v) is 4.57. The van der Waals surface area contributed by atoms with Crippen LogP contribution >= 0.6 is 0 Å². The SMILES string of the molecule is Oc1ccccc1OC1C=CCC1O. The molecule has 0 bridgehead atoms. The molecule has 3 nitrogen and oxygen atoms in total. The molecule has 0 radical (unpaired) electrons.